The van der Waals surface area contributed by atoms with Gasteiger partial charge in [-0.2, -0.15) is 0 Å². The summed E-state index contributed by atoms with van der Waals surface area (Å²) < 4.78 is 10.3. The minimum absolute atomic E-state index is 0. The Labute approximate surface area is 197 Å². The van der Waals surface area contributed by atoms with E-state index in [-0.39, 0.29) is 42.2 Å². The Hall–Kier alpha value is -1.46. The summed E-state index contributed by atoms with van der Waals surface area (Å²) in [6.45, 7) is 11.4. The van der Waals surface area contributed by atoms with E-state index in [0.717, 1.165) is 32.1 Å². The van der Waals surface area contributed by atoms with E-state index >= 15 is 0 Å². The van der Waals surface area contributed by atoms with E-state index in [1.54, 1.807) is 11.8 Å². The lowest BCUT2D eigenvalue weighted by atomic mass is 10.1. The average molecular weight is 541 g/mol. The first-order valence-corrected chi connectivity index (χ1v) is 10.6. The van der Waals surface area contributed by atoms with Crippen LogP contribution in [0.3, 0.4) is 0 Å². The van der Waals surface area contributed by atoms with Crippen molar-refractivity contribution in [1.82, 2.24) is 15.5 Å². The van der Waals surface area contributed by atoms with Gasteiger partial charge in [-0.15, -0.1) is 24.0 Å². The normalized spacial score (nSPS) is 16.3. The molecule has 2 amide bonds. The lowest BCUT2D eigenvalue weighted by molar-refractivity contribution is 0.0522. The van der Waals surface area contributed by atoms with Crippen molar-refractivity contribution in [3.63, 3.8) is 0 Å². The van der Waals surface area contributed by atoms with Crippen LogP contribution in [0, 0.1) is 0 Å². The van der Waals surface area contributed by atoms with E-state index in [4.69, 9.17) is 15.2 Å². The highest BCUT2D eigenvalue weighted by Crippen LogP contribution is 2.14. The Balaban J connectivity index is 0.00000841. The van der Waals surface area contributed by atoms with Gasteiger partial charge in [-0.1, -0.05) is 19.8 Å². The number of hydrogen-bond acceptors (Lipinski definition) is 5. The molecule has 1 rings (SSSR count). The number of alkyl carbamates (subject to hydrolysis) is 1. The summed E-state index contributed by atoms with van der Waals surface area (Å²) in [5.41, 5.74) is 5.58. The number of nitrogens with zero attached hydrogens (tertiary/aromatic N) is 2. The minimum Gasteiger partial charge on any atom is -0.450 e. The average Bonchev–Trinajstić information content (AvgIpc) is 2.63. The molecule has 0 aliphatic carbocycles. The summed E-state index contributed by atoms with van der Waals surface area (Å²) in [5, 5.41) is 6.02. The number of carbonyl (C=O) groups excluding carboxylic acids is 2. The summed E-state index contributed by atoms with van der Waals surface area (Å²) in [7, 11) is 0. The van der Waals surface area contributed by atoms with Gasteiger partial charge in [-0.25, -0.2) is 14.6 Å². The lowest BCUT2D eigenvalue weighted by Gasteiger charge is -2.30. The molecule has 1 unspecified atom stereocenters. The first kappa shape index (κ1) is 28.5. The maximum Gasteiger partial charge on any atom is 0.409 e. The predicted octanol–water partition coefficient (Wildman–Crippen LogP) is 3.21. The van der Waals surface area contributed by atoms with E-state index in [9.17, 15) is 9.59 Å². The van der Waals surface area contributed by atoms with E-state index in [1.165, 1.54) is 0 Å². The van der Waals surface area contributed by atoms with Crippen molar-refractivity contribution in [1.29, 1.82) is 0 Å². The number of nitrogens with two attached hydrogens (primary N) is 1. The molecular weight excluding hydrogens is 501 g/mol. The zero-order valence-corrected chi connectivity index (χ0v) is 21.4. The number of guanidine groups is 1. The van der Waals surface area contributed by atoms with Crippen LogP contribution in [0.4, 0.5) is 9.59 Å². The highest BCUT2D eigenvalue weighted by Gasteiger charge is 2.24. The number of carbonyl (C=O) groups is 2. The van der Waals surface area contributed by atoms with Crippen molar-refractivity contribution in [3.8, 4) is 0 Å². The Bertz CT molecular complexity index is 546. The molecule has 0 radical (unpaired) electrons. The highest BCUT2D eigenvalue weighted by atomic mass is 127. The standard InChI is InChI=1S/C20H39N5O4.HI/c1-6-8-9-16(14-22-18(26)29-20(3,4)5)24-17(21)23-15-10-12-25(13-11-15)19(27)28-7-2;/h15-16H,6-14H2,1-5H3,(H,22,26)(H3,21,23,24);1H. The Morgan fingerprint density at radius 3 is 2.40 bits per heavy atom. The maximum absolute atomic E-state index is 11.9. The summed E-state index contributed by atoms with van der Waals surface area (Å²) in [5.74, 6) is 0.367. The highest BCUT2D eigenvalue weighted by molar-refractivity contribution is 14.0. The number of unbranched alkanes of at least 4 members (excludes halogenated alkanes) is 1. The van der Waals surface area contributed by atoms with Crippen LogP contribution in [0.1, 0.15) is 66.7 Å². The lowest BCUT2D eigenvalue weighted by Crippen LogP contribution is -2.48. The predicted molar refractivity (Wildman–Crippen MR) is 129 cm³/mol. The third-order valence-electron chi connectivity index (χ3n) is 4.46. The van der Waals surface area contributed by atoms with Gasteiger partial charge in [-0.3, -0.25) is 0 Å². The van der Waals surface area contributed by atoms with Crippen molar-refractivity contribution in [2.75, 3.05) is 26.2 Å². The first-order valence-electron chi connectivity index (χ1n) is 10.6. The largest absolute Gasteiger partial charge is 0.450 e. The third kappa shape index (κ3) is 12.3. The molecule has 1 aliphatic rings. The molecular formula is C20H40IN5O4. The Kier molecular flexibility index (Phi) is 13.8. The van der Waals surface area contributed by atoms with Crippen LogP contribution in [0.25, 0.3) is 0 Å². The number of nitrogens with one attached hydrogen (secondary N) is 2. The smallest absolute Gasteiger partial charge is 0.409 e. The fourth-order valence-electron chi connectivity index (χ4n) is 3.03. The molecule has 1 atom stereocenters. The van der Waals surface area contributed by atoms with Gasteiger partial charge >= 0.3 is 12.2 Å². The van der Waals surface area contributed by atoms with Crippen LogP contribution in [0.5, 0.6) is 0 Å². The van der Waals surface area contributed by atoms with Crippen molar-refractivity contribution >= 4 is 42.1 Å². The van der Waals surface area contributed by atoms with Gasteiger partial charge < -0.3 is 30.7 Å². The maximum atomic E-state index is 11.9. The molecule has 30 heavy (non-hydrogen) atoms. The number of amides is 2. The van der Waals surface area contributed by atoms with Gasteiger partial charge in [-0.05, 0) is 47.0 Å². The Morgan fingerprint density at radius 2 is 1.87 bits per heavy atom. The number of halogens is 1. The van der Waals surface area contributed by atoms with E-state index in [2.05, 4.69) is 22.5 Å². The number of piperidine rings is 1. The van der Waals surface area contributed by atoms with Crippen molar-refractivity contribution in [3.05, 3.63) is 0 Å². The monoisotopic (exact) mass is 541 g/mol. The minimum atomic E-state index is -0.532. The number of rotatable bonds is 8. The van der Waals surface area contributed by atoms with Crippen LogP contribution < -0.4 is 16.4 Å². The number of likely N-dealkylation sites (tertiary alicyclic amines) is 1. The second kappa shape index (κ2) is 14.5. The second-order valence-corrected chi connectivity index (χ2v) is 8.30. The van der Waals surface area contributed by atoms with Crippen LogP contribution >= 0.6 is 24.0 Å². The van der Waals surface area contributed by atoms with Gasteiger partial charge in [0.2, 0.25) is 0 Å². The summed E-state index contributed by atoms with van der Waals surface area (Å²) in [4.78, 5) is 30.0. The molecule has 0 aromatic heterocycles. The Morgan fingerprint density at radius 1 is 1.23 bits per heavy atom. The molecule has 0 aromatic rings. The number of ether oxygens (including phenoxy) is 2. The third-order valence-corrected chi connectivity index (χ3v) is 4.46. The van der Waals surface area contributed by atoms with E-state index < -0.39 is 11.7 Å². The molecule has 176 valence electrons. The molecule has 1 saturated heterocycles. The van der Waals surface area contributed by atoms with E-state index in [1.807, 2.05) is 20.8 Å². The van der Waals surface area contributed by atoms with Gasteiger partial charge in [0, 0.05) is 25.7 Å². The number of hydrogen-bond donors (Lipinski definition) is 3. The summed E-state index contributed by atoms with van der Waals surface area (Å²) in [6, 6.07) is 0.0460. The fourth-order valence-corrected chi connectivity index (χ4v) is 3.03. The zero-order valence-electron chi connectivity index (χ0n) is 19.0. The van der Waals surface area contributed by atoms with Crippen LogP contribution in [0.15, 0.2) is 4.99 Å². The SMILES string of the molecule is CCCCC(CNC(=O)OC(C)(C)C)NC(N)=NC1CCN(C(=O)OCC)CC1.I. The molecule has 9 nitrogen and oxygen atoms in total. The van der Waals surface area contributed by atoms with Crippen molar-refractivity contribution in [2.24, 2.45) is 10.7 Å². The molecule has 1 aliphatic heterocycles. The van der Waals surface area contributed by atoms with E-state index in [0.29, 0.717) is 32.2 Å². The van der Waals surface area contributed by atoms with Gasteiger partial charge in [0.15, 0.2) is 5.96 Å². The molecule has 0 spiro atoms. The van der Waals surface area contributed by atoms with Crippen LogP contribution in [0.2, 0.25) is 0 Å². The summed E-state index contributed by atoms with van der Waals surface area (Å²) >= 11 is 0. The quantitative estimate of drug-likeness (QED) is 0.247. The van der Waals surface area contributed by atoms with Crippen molar-refractivity contribution in [2.45, 2.75) is 84.4 Å². The molecule has 4 N–H and O–H groups in total. The van der Waals surface area contributed by atoms with Gasteiger partial charge in [0.25, 0.3) is 0 Å². The second-order valence-electron chi connectivity index (χ2n) is 8.30. The van der Waals surface area contributed by atoms with Crippen LogP contribution in [-0.2, 0) is 9.47 Å². The summed E-state index contributed by atoms with van der Waals surface area (Å²) in [6.07, 6.45) is 3.71. The van der Waals surface area contributed by atoms with Crippen molar-refractivity contribution < 1.29 is 19.1 Å². The topological polar surface area (TPSA) is 118 Å². The number of aliphatic imine (C=N–C) groups is 1. The molecule has 1 fully saturated rings. The first-order chi connectivity index (χ1) is 13.6. The fraction of sp³-hybridized carbons (Fsp3) is 0.850. The molecule has 0 aromatic carbocycles. The molecule has 0 saturated carbocycles. The molecule has 0 bridgehead atoms. The van der Waals surface area contributed by atoms with Crippen LogP contribution in [-0.4, -0.2) is 67.0 Å². The van der Waals surface area contributed by atoms with Gasteiger partial charge in [0.05, 0.1) is 12.6 Å². The zero-order chi connectivity index (χ0) is 21.9. The van der Waals surface area contributed by atoms with Gasteiger partial charge in [0.1, 0.15) is 5.60 Å². The molecule has 1 heterocycles. The molecule has 10 heteroatoms.